The summed E-state index contributed by atoms with van der Waals surface area (Å²) in [7, 11) is 2.98. The van der Waals surface area contributed by atoms with E-state index in [1.54, 1.807) is 7.11 Å². The number of methoxy groups -OCH3 is 2. The van der Waals surface area contributed by atoms with Crippen LogP contribution >= 0.6 is 34.4 Å². The Morgan fingerprint density at radius 3 is 2.71 bits per heavy atom. The van der Waals surface area contributed by atoms with Gasteiger partial charge in [0.25, 0.3) is 5.91 Å². The lowest BCUT2D eigenvalue weighted by Crippen LogP contribution is -2.20. The number of hydrogen-bond donors (Lipinski definition) is 1. The van der Waals surface area contributed by atoms with E-state index in [2.05, 4.69) is 10.3 Å². The van der Waals surface area contributed by atoms with Gasteiger partial charge >= 0.3 is 5.97 Å². The van der Waals surface area contributed by atoms with Gasteiger partial charge in [0.2, 0.25) is 5.91 Å². The summed E-state index contributed by atoms with van der Waals surface area (Å²) >= 11 is 4.04. The SMILES string of the molecule is CCOc1ccc2c(c1)sc(=NC(=O)CSCC(=O)Nc1sc3c(c1C(=O)OC)CCCC3)n2CCOC. The monoisotopic (exact) mass is 577 g/mol. The van der Waals surface area contributed by atoms with Gasteiger partial charge in [-0.3, -0.25) is 9.59 Å². The molecule has 0 spiro atoms. The average Bonchev–Trinajstić information content (AvgIpc) is 3.43. The predicted molar refractivity (Wildman–Crippen MR) is 152 cm³/mol. The fourth-order valence-electron chi connectivity index (χ4n) is 4.30. The number of anilines is 1. The van der Waals surface area contributed by atoms with E-state index in [0.29, 0.717) is 35.1 Å². The first-order valence-electron chi connectivity index (χ1n) is 12.4. The van der Waals surface area contributed by atoms with E-state index in [1.807, 2.05) is 29.7 Å². The van der Waals surface area contributed by atoms with Gasteiger partial charge in [0.05, 0.1) is 47.6 Å². The second-order valence-electron chi connectivity index (χ2n) is 8.54. The Labute approximate surface area is 233 Å². The van der Waals surface area contributed by atoms with Crippen LogP contribution in [0.15, 0.2) is 23.2 Å². The van der Waals surface area contributed by atoms with E-state index in [0.717, 1.165) is 52.1 Å². The van der Waals surface area contributed by atoms with Crippen molar-refractivity contribution in [3.63, 3.8) is 0 Å². The van der Waals surface area contributed by atoms with Crippen LogP contribution in [0.25, 0.3) is 10.2 Å². The molecule has 0 saturated carbocycles. The number of thiophene rings is 1. The Balaban J connectivity index is 1.42. The van der Waals surface area contributed by atoms with Crippen molar-refractivity contribution in [1.82, 2.24) is 4.57 Å². The maximum Gasteiger partial charge on any atom is 0.341 e. The minimum atomic E-state index is -0.431. The van der Waals surface area contributed by atoms with E-state index in [9.17, 15) is 14.4 Å². The van der Waals surface area contributed by atoms with E-state index in [4.69, 9.17) is 14.2 Å². The molecule has 204 valence electrons. The Morgan fingerprint density at radius 2 is 1.95 bits per heavy atom. The second kappa shape index (κ2) is 13.4. The molecule has 0 unspecified atom stereocenters. The largest absolute Gasteiger partial charge is 0.494 e. The molecule has 0 radical (unpaired) electrons. The van der Waals surface area contributed by atoms with Crippen molar-refractivity contribution in [3.8, 4) is 5.75 Å². The zero-order chi connectivity index (χ0) is 27.1. The fourth-order valence-corrected chi connectivity index (χ4v) is 7.29. The first-order chi connectivity index (χ1) is 18.4. The van der Waals surface area contributed by atoms with Crippen LogP contribution in [0, 0.1) is 0 Å². The molecule has 4 rings (SSSR count). The van der Waals surface area contributed by atoms with E-state index < -0.39 is 5.97 Å². The van der Waals surface area contributed by atoms with Crippen molar-refractivity contribution in [2.45, 2.75) is 39.2 Å². The quantitative estimate of drug-likeness (QED) is 0.339. The van der Waals surface area contributed by atoms with E-state index in [-0.39, 0.29) is 23.3 Å². The molecular weight excluding hydrogens is 547 g/mol. The molecule has 2 aromatic heterocycles. The molecule has 2 amide bonds. The predicted octanol–water partition coefficient (Wildman–Crippen LogP) is 4.27. The molecule has 12 heteroatoms. The number of hydrogen-bond acceptors (Lipinski definition) is 9. The summed E-state index contributed by atoms with van der Waals surface area (Å²) in [6, 6.07) is 5.80. The Bertz CT molecular complexity index is 1390. The van der Waals surface area contributed by atoms with Gasteiger partial charge in [0.15, 0.2) is 4.80 Å². The van der Waals surface area contributed by atoms with Gasteiger partial charge in [-0.25, -0.2) is 4.79 Å². The van der Waals surface area contributed by atoms with Gasteiger partial charge in [-0.15, -0.1) is 23.1 Å². The molecule has 0 fully saturated rings. The molecule has 38 heavy (non-hydrogen) atoms. The molecule has 1 aliphatic carbocycles. The maximum atomic E-state index is 12.7. The standard InChI is InChI=1S/C26H31N3O6S3/c1-4-35-16-9-10-18-20(13-16)38-26(29(18)11-12-33-2)28-22(31)15-36-14-21(30)27-24-23(25(32)34-3)17-7-5-6-8-19(17)37-24/h9-10,13H,4-8,11-12,14-15H2,1-3H3,(H,27,30). The average molecular weight is 578 g/mol. The van der Waals surface area contributed by atoms with Crippen LogP contribution in [0.2, 0.25) is 0 Å². The highest BCUT2D eigenvalue weighted by molar-refractivity contribution is 8.00. The number of aryl methyl sites for hydroxylation is 1. The second-order valence-corrected chi connectivity index (χ2v) is 11.6. The lowest BCUT2D eigenvalue weighted by atomic mass is 9.95. The first-order valence-corrected chi connectivity index (χ1v) is 15.2. The number of amides is 2. The number of carbonyl (C=O) groups is 3. The molecular formula is C26H31N3O6S3. The summed E-state index contributed by atoms with van der Waals surface area (Å²) in [5.41, 5.74) is 2.41. The minimum absolute atomic E-state index is 0.0565. The maximum absolute atomic E-state index is 12.7. The van der Waals surface area contributed by atoms with Crippen LogP contribution in [0.3, 0.4) is 0 Å². The number of benzene rings is 1. The lowest BCUT2D eigenvalue weighted by molar-refractivity contribution is -0.115. The summed E-state index contributed by atoms with van der Waals surface area (Å²) < 4.78 is 18.7. The zero-order valence-electron chi connectivity index (χ0n) is 21.7. The van der Waals surface area contributed by atoms with Gasteiger partial charge in [0.1, 0.15) is 10.8 Å². The number of aromatic nitrogens is 1. The number of carbonyl (C=O) groups excluding carboxylic acids is 3. The highest BCUT2D eigenvalue weighted by Gasteiger charge is 2.27. The van der Waals surface area contributed by atoms with Crippen LogP contribution < -0.4 is 14.9 Å². The summed E-state index contributed by atoms with van der Waals surface area (Å²) in [5.74, 6) is -0.139. The normalized spacial score (nSPS) is 13.4. The highest BCUT2D eigenvalue weighted by atomic mass is 32.2. The number of ether oxygens (including phenoxy) is 3. The number of rotatable bonds is 11. The number of thioether (sulfide) groups is 1. The van der Waals surface area contributed by atoms with Crippen molar-refractivity contribution in [1.29, 1.82) is 0 Å². The van der Waals surface area contributed by atoms with Crippen molar-refractivity contribution in [2.24, 2.45) is 4.99 Å². The lowest BCUT2D eigenvalue weighted by Gasteiger charge is -2.11. The van der Waals surface area contributed by atoms with Crippen molar-refractivity contribution < 1.29 is 28.6 Å². The molecule has 0 saturated heterocycles. The summed E-state index contributed by atoms with van der Waals surface area (Å²) in [6.45, 7) is 3.54. The van der Waals surface area contributed by atoms with E-state index >= 15 is 0 Å². The molecule has 9 nitrogen and oxygen atoms in total. The number of nitrogens with one attached hydrogen (secondary N) is 1. The summed E-state index contributed by atoms with van der Waals surface area (Å²) in [6.07, 6.45) is 3.80. The van der Waals surface area contributed by atoms with Gasteiger partial charge in [-0.2, -0.15) is 4.99 Å². The van der Waals surface area contributed by atoms with Crippen molar-refractivity contribution in [3.05, 3.63) is 39.0 Å². The van der Waals surface area contributed by atoms with Crippen LogP contribution in [-0.2, 0) is 38.4 Å². The summed E-state index contributed by atoms with van der Waals surface area (Å²) in [5, 5.41) is 3.39. The first kappa shape index (κ1) is 28.3. The number of thiazole rings is 1. The third kappa shape index (κ3) is 6.66. The van der Waals surface area contributed by atoms with Crippen LogP contribution in [0.4, 0.5) is 5.00 Å². The van der Waals surface area contributed by atoms with Crippen molar-refractivity contribution in [2.75, 3.05) is 44.3 Å². The Morgan fingerprint density at radius 1 is 1.13 bits per heavy atom. The minimum Gasteiger partial charge on any atom is -0.494 e. The third-order valence-electron chi connectivity index (χ3n) is 5.98. The molecule has 1 N–H and O–H groups in total. The molecule has 0 aliphatic heterocycles. The molecule has 3 aromatic rings. The highest BCUT2D eigenvalue weighted by Crippen LogP contribution is 2.38. The van der Waals surface area contributed by atoms with Gasteiger partial charge in [-0.1, -0.05) is 11.3 Å². The molecule has 1 aromatic carbocycles. The molecule has 0 bridgehead atoms. The van der Waals surface area contributed by atoms with E-state index in [1.165, 1.54) is 41.5 Å². The van der Waals surface area contributed by atoms with Crippen LogP contribution in [0.1, 0.15) is 40.6 Å². The van der Waals surface area contributed by atoms with Crippen LogP contribution in [-0.4, -0.2) is 61.3 Å². The molecule has 0 atom stereocenters. The molecule has 1 aliphatic rings. The molecule has 2 heterocycles. The third-order valence-corrected chi connectivity index (χ3v) is 9.14. The number of fused-ring (bicyclic) bond motifs is 2. The summed E-state index contributed by atoms with van der Waals surface area (Å²) in [4.78, 5) is 43.8. The zero-order valence-corrected chi connectivity index (χ0v) is 24.1. The van der Waals surface area contributed by atoms with Crippen molar-refractivity contribution >= 4 is 67.4 Å². The number of esters is 1. The Kier molecular flexibility index (Phi) is 10.0. The fraction of sp³-hybridized carbons (Fsp3) is 0.462. The van der Waals surface area contributed by atoms with Crippen LogP contribution in [0.5, 0.6) is 5.75 Å². The number of nitrogens with zero attached hydrogens (tertiary/aromatic N) is 2. The van der Waals surface area contributed by atoms with Gasteiger partial charge in [-0.05, 0) is 56.4 Å². The smallest absolute Gasteiger partial charge is 0.341 e. The van der Waals surface area contributed by atoms with Gasteiger partial charge in [0, 0.05) is 18.5 Å². The van der Waals surface area contributed by atoms with Gasteiger partial charge < -0.3 is 24.1 Å². The topological polar surface area (TPSA) is 108 Å². The Hall–Kier alpha value is -2.67.